The Hall–Kier alpha value is -3.16. The summed E-state index contributed by atoms with van der Waals surface area (Å²) in [6, 6.07) is 8.37. The van der Waals surface area contributed by atoms with Gasteiger partial charge in [0, 0.05) is 18.8 Å². The molecule has 23 heavy (non-hydrogen) atoms. The minimum Gasteiger partial charge on any atom is -0.347 e. The van der Waals surface area contributed by atoms with E-state index in [1.807, 2.05) is 0 Å². The van der Waals surface area contributed by atoms with Crippen molar-refractivity contribution in [1.82, 2.24) is 20.7 Å². The van der Waals surface area contributed by atoms with Gasteiger partial charge >= 0.3 is 0 Å². The van der Waals surface area contributed by atoms with Crippen LogP contribution in [0, 0.1) is 5.82 Å². The summed E-state index contributed by atoms with van der Waals surface area (Å²) in [4.78, 5) is 35.1. The molecule has 0 radical (unpaired) electrons. The molecule has 0 fully saturated rings. The maximum Gasteiger partial charge on any atom is 0.286 e. The van der Waals surface area contributed by atoms with Crippen LogP contribution in [-0.4, -0.2) is 28.8 Å². The lowest BCUT2D eigenvalue weighted by atomic mass is 10.2. The minimum atomic E-state index is -0.614. The molecule has 0 saturated heterocycles. The van der Waals surface area contributed by atoms with Crippen molar-refractivity contribution >= 4 is 17.7 Å². The molecule has 0 bridgehead atoms. The van der Waals surface area contributed by atoms with Crippen LogP contribution in [0.2, 0.25) is 0 Å². The fourth-order valence-corrected chi connectivity index (χ4v) is 1.82. The molecule has 7 nitrogen and oxygen atoms in total. The molecule has 0 atom stereocenters. The van der Waals surface area contributed by atoms with Gasteiger partial charge in [-0.3, -0.25) is 25.2 Å². The fraction of sp³-hybridized carbons (Fsp3) is 0.133. The van der Waals surface area contributed by atoms with Crippen molar-refractivity contribution in [2.45, 2.75) is 0 Å². The molecule has 2 rings (SSSR count). The number of hydrazine groups is 1. The average molecular weight is 318 g/mol. The Labute approximate surface area is 131 Å². The van der Waals surface area contributed by atoms with E-state index in [4.69, 9.17) is 0 Å². The predicted molar refractivity (Wildman–Crippen MR) is 79.8 cm³/mol. The second-order valence-corrected chi connectivity index (χ2v) is 4.70. The van der Waals surface area contributed by atoms with Crippen LogP contribution in [0.5, 0.6) is 0 Å². The van der Waals surface area contributed by atoms with E-state index in [2.05, 4.69) is 16.2 Å². The average Bonchev–Trinajstić information content (AvgIpc) is 2.96. The van der Waals surface area contributed by atoms with E-state index in [0.29, 0.717) is 5.69 Å². The zero-order valence-corrected chi connectivity index (χ0v) is 12.3. The Morgan fingerprint density at radius 3 is 2.52 bits per heavy atom. The van der Waals surface area contributed by atoms with Crippen LogP contribution < -0.4 is 16.2 Å². The smallest absolute Gasteiger partial charge is 0.286 e. The molecule has 0 aliphatic rings. The quantitative estimate of drug-likeness (QED) is 0.711. The molecule has 2 aromatic rings. The maximum atomic E-state index is 13.0. The number of carbonyl (C=O) groups is 3. The monoisotopic (exact) mass is 318 g/mol. The van der Waals surface area contributed by atoms with Crippen molar-refractivity contribution in [2.75, 3.05) is 6.54 Å². The topological polar surface area (TPSA) is 92.2 Å². The van der Waals surface area contributed by atoms with Gasteiger partial charge in [-0.05, 0) is 30.3 Å². The van der Waals surface area contributed by atoms with Crippen LogP contribution in [0.25, 0.3) is 0 Å². The van der Waals surface area contributed by atoms with Gasteiger partial charge in [-0.2, -0.15) is 0 Å². The molecule has 3 amide bonds. The number of benzene rings is 1. The first-order valence-corrected chi connectivity index (χ1v) is 6.71. The number of rotatable bonds is 4. The Morgan fingerprint density at radius 1 is 1.09 bits per heavy atom. The summed E-state index contributed by atoms with van der Waals surface area (Å²) in [5.41, 5.74) is 4.88. The standard InChI is InChI=1S/C15H15FN4O3/c1-20-7-3-6-12(20)15(23)19-18-13(21)9-17-14(22)10-4-2-5-11(16)8-10/h2-8H,9H2,1H3,(H,17,22)(H,18,21)(H,19,23). The SMILES string of the molecule is Cn1cccc1C(=O)NNC(=O)CNC(=O)c1cccc(F)c1. The number of hydrogen-bond donors (Lipinski definition) is 3. The van der Waals surface area contributed by atoms with E-state index >= 15 is 0 Å². The highest BCUT2D eigenvalue weighted by atomic mass is 19.1. The lowest BCUT2D eigenvalue weighted by Crippen LogP contribution is -2.46. The summed E-state index contributed by atoms with van der Waals surface area (Å²) in [7, 11) is 1.69. The van der Waals surface area contributed by atoms with Gasteiger partial charge in [0.05, 0.1) is 6.54 Å². The summed E-state index contributed by atoms with van der Waals surface area (Å²) >= 11 is 0. The second kappa shape index (κ2) is 7.21. The third-order valence-electron chi connectivity index (χ3n) is 2.99. The van der Waals surface area contributed by atoms with Crippen molar-refractivity contribution in [1.29, 1.82) is 0 Å². The molecule has 1 aromatic carbocycles. The van der Waals surface area contributed by atoms with Crippen molar-refractivity contribution in [3.05, 3.63) is 59.7 Å². The third-order valence-corrected chi connectivity index (χ3v) is 2.99. The Kier molecular flexibility index (Phi) is 5.08. The molecule has 0 unspecified atom stereocenters. The van der Waals surface area contributed by atoms with Gasteiger partial charge in [0.25, 0.3) is 17.7 Å². The fourth-order valence-electron chi connectivity index (χ4n) is 1.82. The summed E-state index contributed by atoms with van der Waals surface area (Å²) in [5.74, 6) is -2.23. The third kappa shape index (κ3) is 4.40. The van der Waals surface area contributed by atoms with Gasteiger partial charge in [0.15, 0.2) is 0 Å². The lowest BCUT2D eigenvalue weighted by molar-refractivity contribution is -0.120. The molecule has 3 N–H and O–H groups in total. The molecule has 1 heterocycles. The number of aromatic nitrogens is 1. The number of hydrogen-bond acceptors (Lipinski definition) is 3. The van der Waals surface area contributed by atoms with Crippen LogP contribution in [0.3, 0.4) is 0 Å². The molecule has 0 aliphatic carbocycles. The van der Waals surface area contributed by atoms with E-state index in [-0.39, 0.29) is 12.1 Å². The van der Waals surface area contributed by atoms with Gasteiger partial charge in [-0.1, -0.05) is 6.07 Å². The van der Waals surface area contributed by atoms with Crippen LogP contribution in [0.1, 0.15) is 20.8 Å². The van der Waals surface area contributed by atoms with Crippen LogP contribution in [-0.2, 0) is 11.8 Å². The van der Waals surface area contributed by atoms with Crippen molar-refractivity contribution in [3.63, 3.8) is 0 Å². The maximum absolute atomic E-state index is 13.0. The number of nitrogens with one attached hydrogen (secondary N) is 3. The van der Waals surface area contributed by atoms with Crippen molar-refractivity contribution in [3.8, 4) is 0 Å². The first kappa shape index (κ1) is 16.2. The summed E-state index contributed by atoms with van der Waals surface area (Å²) in [6.07, 6.45) is 1.69. The van der Waals surface area contributed by atoms with Crippen molar-refractivity contribution in [2.24, 2.45) is 7.05 Å². The molecule has 8 heteroatoms. The zero-order valence-electron chi connectivity index (χ0n) is 12.3. The van der Waals surface area contributed by atoms with Gasteiger partial charge < -0.3 is 9.88 Å². The van der Waals surface area contributed by atoms with E-state index in [0.717, 1.165) is 6.07 Å². The van der Waals surface area contributed by atoms with Gasteiger partial charge in [0.1, 0.15) is 11.5 Å². The number of aryl methyl sites for hydroxylation is 1. The van der Waals surface area contributed by atoms with Crippen LogP contribution in [0.15, 0.2) is 42.6 Å². The van der Waals surface area contributed by atoms with E-state index < -0.39 is 23.5 Å². The first-order chi connectivity index (χ1) is 11.0. The molecule has 1 aromatic heterocycles. The summed E-state index contributed by atoms with van der Waals surface area (Å²) in [5, 5.41) is 2.32. The van der Waals surface area contributed by atoms with E-state index in [1.54, 1.807) is 29.9 Å². The van der Waals surface area contributed by atoms with E-state index in [1.165, 1.54) is 18.2 Å². The highest BCUT2D eigenvalue weighted by molar-refractivity contribution is 5.97. The van der Waals surface area contributed by atoms with E-state index in [9.17, 15) is 18.8 Å². The molecule has 120 valence electrons. The molecule has 0 saturated carbocycles. The Balaban J connectivity index is 1.78. The van der Waals surface area contributed by atoms with Gasteiger partial charge in [-0.25, -0.2) is 4.39 Å². The predicted octanol–water partition coefficient (Wildman–Crippen LogP) is 0.355. The van der Waals surface area contributed by atoms with Gasteiger partial charge in [-0.15, -0.1) is 0 Å². The second-order valence-electron chi connectivity index (χ2n) is 4.70. The highest BCUT2D eigenvalue weighted by Crippen LogP contribution is 2.02. The molecular weight excluding hydrogens is 303 g/mol. The molecule has 0 aliphatic heterocycles. The highest BCUT2D eigenvalue weighted by Gasteiger charge is 2.11. The van der Waals surface area contributed by atoms with Crippen molar-refractivity contribution < 1.29 is 18.8 Å². The summed E-state index contributed by atoms with van der Waals surface area (Å²) in [6.45, 7) is -0.358. The number of carbonyl (C=O) groups excluding carboxylic acids is 3. The molecule has 0 spiro atoms. The normalized spacial score (nSPS) is 10.0. The Morgan fingerprint density at radius 2 is 1.87 bits per heavy atom. The zero-order chi connectivity index (χ0) is 16.8. The Bertz CT molecular complexity index is 742. The van der Waals surface area contributed by atoms with Gasteiger partial charge in [0.2, 0.25) is 0 Å². The van der Waals surface area contributed by atoms with Crippen LogP contribution in [0.4, 0.5) is 4.39 Å². The summed E-state index contributed by atoms with van der Waals surface area (Å²) < 4.78 is 14.6. The molecular formula is C15H15FN4O3. The minimum absolute atomic E-state index is 0.102. The number of amides is 3. The van der Waals surface area contributed by atoms with Crippen LogP contribution >= 0.6 is 0 Å². The number of nitrogens with zero attached hydrogens (tertiary/aromatic N) is 1. The first-order valence-electron chi connectivity index (χ1n) is 6.71. The number of halogens is 1. The largest absolute Gasteiger partial charge is 0.347 e. The lowest BCUT2D eigenvalue weighted by Gasteiger charge is -2.09.